The van der Waals surface area contributed by atoms with Crippen molar-refractivity contribution in [1.29, 1.82) is 0 Å². The van der Waals surface area contributed by atoms with Crippen LogP contribution in [0.25, 0.3) is 0 Å². The third-order valence-corrected chi connectivity index (χ3v) is 4.57. The van der Waals surface area contributed by atoms with Crippen LogP contribution >= 0.6 is 24.0 Å². The zero-order chi connectivity index (χ0) is 13.8. The Labute approximate surface area is 143 Å². The summed E-state index contributed by atoms with van der Waals surface area (Å²) in [6.45, 7) is 1.54. The zero-order valence-corrected chi connectivity index (χ0v) is 14.8. The van der Waals surface area contributed by atoms with E-state index in [0.717, 1.165) is 18.2 Å². The first-order chi connectivity index (χ1) is 9.81. The van der Waals surface area contributed by atoms with Crippen LogP contribution in [0.4, 0.5) is 0 Å². The van der Waals surface area contributed by atoms with Crippen molar-refractivity contribution in [2.75, 3.05) is 6.54 Å². The number of nitrogens with one attached hydrogen (secondary N) is 1. The van der Waals surface area contributed by atoms with E-state index in [1.807, 2.05) is 0 Å². The van der Waals surface area contributed by atoms with E-state index in [0.29, 0.717) is 18.5 Å². The van der Waals surface area contributed by atoms with Crippen molar-refractivity contribution in [3.8, 4) is 0 Å². The van der Waals surface area contributed by atoms with Gasteiger partial charge in [0.15, 0.2) is 5.96 Å². The van der Waals surface area contributed by atoms with Gasteiger partial charge >= 0.3 is 0 Å². The van der Waals surface area contributed by atoms with Crippen molar-refractivity contribution < 1.29 is 0 Å². The third kappa shape index (κ3) is 4.59. The minimum absolute atomic E-state index is 0. The molecule has 1 aromatic heterocycles. The molecule has 5 nitrogen and oxygen atoms in total. The summed E-state index contributed by atoms with van der Waals surface area (Å²) in [7, 11) is 0. The minimum atomic E-state index is 0. The molecule has 2 aliphatic rings. The van der Waals surface area contributed by atoms with Gasteiger partial charge in [-0.1, -0.05) is 19.3 Å². The van der Waals surface area contributed by atoms with E-state index in [4.69, 9.17) is 5.73 Å². The number of nitrogens with two attached hydrogens (primary N) is 1. The van der Waals surface area contributed by atoms with Crippen LogP contribution in [-0.2, 0) is 6.54 Å². The van der Waals surface area contributed by atoms with E-state index in [9.17, 15) is 0 Å². The van der Waals surface area contributed by atoms with Crippen LogP contribution in [0.1, 0.15) is 56.7 Å². The molecule has 2 fully saturated rings. The van der Waals surface area contributed by atoms with Crippen LogP contribution in [0.2, 0.25) is 0 Å². The van der Waals surface area contributed by atoms with Crippen molar-refractivity contribution >= 4 is 29.9 Å². The lowest BCUT2D eigenvalue weighted by Gasteiger charge is -2.25. The highest BCUT2D eigenvalue weighted by Gasteiger charge is 2.18. The zero-order valence-electron chi connectivity index (χ0n) is 12.5. The Kier molecular flexibility index (Phi) is 6.32. The van der Waals surface area contributed by atoms with Crippen molar-refractivity contribution in [2.24, 2.45) is 16.6 Å². The van der Waals surface area contributed by atoms with E-state index in [2.05, 4.69) is 32.4 Å². The molecular weight excluding hydrogens is 377 g/mol. The van der Waals surface area contributed by atoms with Crippen molar-refractivity contribution in [3.05, 3.63) is 18.0 Å². The lowest BCUT2D eigenvalue weighted by atomic mass is 9.85. The Bertz CT molecular complexity index is 460. The summed E-state index contributed by atoms with van der Waals surface area (Å²) in [6.07, 6.45) is 11.3. The molecule has 0 atom stereocenters. The first-order valence-corrected chi connectivity index (χ1v) is 7.89. The Morgan fingerprint density at radius 2 is 2.05 bits per heavy atom. The highest BCUT2D eigenvalue weighted by molar-refractivity contribution is 14.0. The number of nitrogens with zero attached hydrogens (tertiary/aromatic N) is 3. The van der Waals surface area contributed by atoms with Gasteiger partial charge in [-0.25, -0.2) is 4.99 Å². The summed E-state index contributed by atoms with van der Waals surface area (Å²) in [5.74, 6) is 1.35. The van der Waals surface area contributed by atoms with Gasteiger partial charge in [0, 0.05) is 12.7 Å². The van der Waals surface area contributed by atoms with Gasteiger partial charge in [0.25, 0.3) is 0 Å². The number of aromatic nitrogens is 2. The Morgan fingerprint density at radius 1 is 1.29 bits per heavy atom. The smallest absolute Gasteiger partial charge is 0.188 e. The second-order valence-electron chi connectivity index (χ2n) is 6.10. The predicted molar refractivity (Wildman–Crippen MR) is 95.8 cm³/mol. The molecule has 0 saturated heterocycles. The number of halogens is 1. The van der Waals surface area contributed by atoms with E-state index in [-0.39, 0.29) is 24.0 Å². The maximum Gasteiger partial charge on any atom is 0.188 e. The summed E-state index contributed by atoms with van der Waals surface area (Å²) in [5.41, 5.74) is 6.89. The Balaban J connectivity index is 0.00000161. The molecular formula is C15H26IN5. The summed E-state index contributed by atoms with van der Waals surface area (Å²) >= 11 is 0. The minimum Gasteiger partial charge on any atom is -0.370 e. The van der Waals surface area contributed by atoms with E-state index in [1.54, 1.807) is 0 Å². The van der Waals surface area contributed by atoms with Gasteiger partial charge in [-0.05, 0) is 37.7 Å². The van der Waals surface area contributed by atoms with Gasteiger partial charge in [-0.2, -0.15) is 5.10 Å². The largest absolute Gasteiger partial charge is 0.370 e. The monoisotopic (exact) mass is 403 g/mol. The molecule has 21 heavy (non-hydrogen) atoms. The van der Waals surface area contributed by atoms with Crippen LogP contribution in [-0.4, -0.2) is 22.3 Å². The molecule has 0 spiro atoms. The molecule has 118 valence electrons. The first kappa shape index (κ1) is 16.6. The fourth-order valence-corrected chi connectivity index (χ4v) is 3.00. The quantitative estimate of drug-likeness (QED) is 0.451. The number of guanidine groups is 1. The second-order valence-corrected chi connectivity index (χ2v) is 6.10. The number of hydrogen-bond donors (Lipinski definition) is 2. The molecule has 2 aliphatic carbocycles. The molecule has 0 aromatic carbocycles. The summed E-state index contributed by atoms with van der Waals surface area (Å²) < 4.78 is 2.11. The molecule has 0 unspecified atom stereocenters. The van der Waals surface area contributed by atoms with E-state index < -0.39 is 0 Å². The van der Waals surface area contributed by atoms with Crippen molar-refractivity contribution in [3.63, 3.8) is 0 Å². The highest BCUT2D eigenvalue weighted by Crippen LogP contribution is 2.28. The van der Waals surface area contributed by atoms with E-state index in [1.165, 1.54) is 44.9 Å². The topological polar surface area (TPSA) is 68.2 Å². The van der Waals surface area contributed by atoms with Crippen LogP contribution in [0, 0.1) is 5.92 Å². The molecule has 0 amide bonds. The lowest BCUT2D eigenvalue weighted by Crippen LogP contribution is -2.37. The molecule has 6 heteroatoms. The molecule has 1 aromatic rings. The fourth-order valence-electron chi connectivity index (χ4n) is 3.00. The average Bonchev–Trinajstić information content (AvgIpc) is 3.05. The molecule has 1 heterocycles. The van der Waals surface area contributed by atoms with Gasteiger partial charge in [-0.3, -0.25) is 4.68 Å². The predicted octanol–water partition coefficient (Wildman–Crippen LogP) is 2.82. The maximum atomic E-state index is 5.88. The molecule has 3 N–H and O–H groups in total. The molecule has 2 saturated carbocycles. The standard InChI is InChI=1S/C15H25N5.HI/c16-15(17-10-12-4-3-5-12)18-11-13-8-9-20(19-13)14-6-1-2-7-14;/h8-9,12,14H,1-7,10-11H2,(H3,16,17,18);1H. The van der Waals surface area contributed by atoms with Crippen molar-refractivity contribution in [2.45, 2.75) is 57.5 Å². The summed E-state index contributed by atoms with van der Waals surface area (Å²) in [4.78, 5) is 4.37. The van der Waals surface area contributed by atoms with Crippen molar-refractivity contribution in [1.82, 2.24) is 15.1 Å². The van der Waals surface area contributed by atoms with Gasteiger partial charge in [0.05, 0.1) is 18.3 Å². The number of aliphatic imine (C=N–C) groups is 1. The number of hydrogen-bond acceptors (Lipinski definition) is 2. The molecule has 0 aliphatic heterocycles. The van der Waals surface area contributed by atoms with Crippen LogP contribution in [0.5, 0.6) is 0 Å². The first-order valence-electron chi connectivity index (χ1n) is 7.89. The highest BCUT2D eigenvalue weighted by atomic mass is 127. The SMILES string of the molecule is I.NC(=NCc1ccn(C2CCCC2)n1)NCC1CCC1. The summed E-state index contributed by atoms with van der Waals surface area (Å²) in [6, 6.07) is 2.66. The third-order valence-electron chi connectivity index (χ3n) is 4.57. The Hall–Kier alpha value is -0.790. The second kappa shape index (κ2) is 8.00. The summed E-state index contributed by atoms with van der Waals surface area (Å²) in [5, 5.41) is 7.82. The fraction of sp³-hybridized carbons (Fsp3) is 0.733. The molecule has 3 rings (SSSR count). The van der Waals surface area contributed by atoms with Crippen LogP contribution < -0.4 is 11.1 Å². The van der Waals surface area contributed by atoms with E-state index >= 15 is 0 Å². The number of rotatable bonds is 5. The Morgan fingerprint density at radius 3 is 2.71 bits per heavy atom. The van der Waals surface area contributed by atoms with Crippen LogP contribution in [0.15, 0.2) is 17.3 Å². The molecule has 0 bridgehead atoms. The van der Waals surface area contributed by atoms with Gasteiger partial charge < -0.3 is 11.1 Å². The van der Waals surface area contributed by atoms with Gasteiger partial charge in [0.2, 0.25) is 0 Å². The normalized spacial score (nSPS) is 20.1. The average molecular weight is 403 g/mol. The van der Waals surface area contributed by atoms with Crippen LogP contribution in [0.3, 0.4) is 0 Å². The van der Waals surface area contributed by atoms with Gasteiger partial charge in [-0.15, -0.1) is 24.0 Å². The van der Waals surface area contributed by atoms with Gasteiger partial charge in [0.1, 0.15) is 0 Å². The maximum absolute atomic E-state index is 5.88. The lowest BCUT2D eigenvalue weighted by molar-refractivity contribution is 0.315. The molecule has 0 radical (unpaired) electrons.